The molecule has 1 N–H and O–H groups in total. The van der Waals surface area contributed by atoms with Gasteiger partial charge in [-0.05, 0) is 36.6 Å². The van der Waals surface area contributed by atoms with Crippen LogP contribution in [-0.2, 0) is 4.79 Å². The molecule has 2 atom stereocenters. The van der Waals surface area contributed by atoms with Crippen LogP contribution in [0.2, 0.25) is 0 Å². The fourth-order valence-corrected chi connectivity index (χ4v) is 2.79. The van der Waals surface area contributed by atoms with E-state index in [0.717, 1.165) is 23.2 Å². The number of carbonyl (C=O) groups excluding carboxylic acids is 1. The molecule has 1 aromatic carbocycles. The van der Waals surface area contributed by atoms with Crippen molar-refractivity contribution in [2.24, 2.45) is 5.92 Å². The zero-order valence-corrected chi connectivity index (χ0v) is 13.2. The first-order valence-corrected chi connectivity index (χ1v) is 7.70. The summed E-state index contributed by atoms with van der Waals surface area (Å²) in [5.41, 5.74) is 0. The molecule has 0 spiro atoms. The average Bonchev–Trinajstić information content (AvgIpc) is 2.82. The molecule has 20 heavy (non-hydrogen) atoms. The smallest absolute Gasteiger partial charge is 0.226 e. The topological polar surface area (TPSA) is 49.8 Å². The van der Waals surface area contributed by atoms with Crippen molar-refractivity contribution in [3.63, 3.8) is 0 Å². The van der Waals surface area contributed by atoms with E-state index >= 15 is 0 Å². The third-order valence-corrected chi connectivity index (χ3v) is 4.32. The Balaban J connectivity index is 1.79. The van der Waals surface area contributed by atoms with E-state index in [4.69, 9.17) is 4.74 Å². The Morgan fingerprint density at radius 2 is 2.15 bits per heavy atom. The molecule has 5 heteroatoms. The molecule has 0 aromatic heterocycles. The van der Waals surface area contributed by atoms with Crippen molar-refractivity contribution >= 4 is 21.8 Å². The summed E-state index contributed by atoms with van der Waals surface area (Å²) in [4.78, 5) is 13.9. The van der Waals surface area contributed by atoms with Gasteiger partial charge in [-0.3, -0.25) is 4.79 Å². The summed E-state index contributed by atoms with van der Waals surface area (Å²) in [6.07, 6.45) is 1.31. The number of rotatable bonds is 5. The normalized spacial score (nSPS) is 22.1. The van der Waals surface area contributed by atoms with E-state index in [-0.39, 0.29) is 18.6 Å². The van der Waals surface area contributed by atoms with Gasteiger partial charge >= 0.3 is 0 Å². The van der Waals surface area contributed by atoms with Gasteiger partial charge in [0.05, 0.1) is 25.7 Å². The Hall–Kier alpha value is -1.07. The van der Waals surface area contributed by atoms with E-state index in [2.05, 4.69) is 22.9 Å². The molecule has 1 heterocycles. The lowest BCUT2D eigenvalue weighted by Crippen LogP contribution is -2.40. The van der Waals surface area contributed by atoms with Crippen LogP contribution >= 0.6 is 15.9 Å². The van der Waals surface area contributed by atoms with Crippen LogP contribution in [0.1, 0.15) is 19.8 Å². The van der Waals surface area contributed by atoms with E-state index in [1.54, 1.807) is 4.90 Å². The van der Waals surface area contributed by atoms with Crippen LogP contribution in [0.5, 0.6) is 5.75 Å². The highest BCUT2D eigenvalue weighted by Crippen LogP contribution is 2.24. The third-order valence-electron chi connectivity index (χ3n) is 3.79. The summed E-state index contributed by atoms with van der Waals surface area (Å²) >= 11 is 3.36. The van der Waals surface area contributed by atoms with Gasteiger partial charge in [0.25, 0.3) is 0 Å². The van der Waals surface area contributed by atoms with Crippen LogP contribution in [0.3, 0.4) is 0 Å². The first-order chi connectivity index (χ1) is 9.61. The molecule has 0 aliphatic carbocycles. The zero-order chi connectivity index (χ0) is 14.5. The maximum Gasteiger partial charge on any atom is 0.226 e. The monoisotopic (exact) mass is 341 g/mol. The molecule has 2 unspecified atom stereocenters. The largest absolute Gasteiger partial charge is 0.493 e. The van der Waals surface area contributed by atoms with E-state index in [0.29, 0.717) is 18.9 Å². The highest BCUT2D eigenvalue weighted by molar-refractivity contribution is 9.10. The van der Waals surface area contributed by atoms with Crippen LogP contribution in [-0.4, -0.2) is 41.7 Å². The standard InChI is InChI=1S/C15H20BrNO3/c1-11-6-8-17(14(11)10-18)15(19)7-9-20-13-4-2-12(16)3-5-13/h2-5,11,14,18H,6-10H2,1H3. The van der Waals surface area contributed by atoms with Gasteiger partial charge < -0.3 is 14.7 Å². The number of amides is 1. The highest BCUT2D eigenvalue weighted by Gasteiger charge is 2.33. The molecule has 0 bridgehead atoms. The summed E-state index contributed by atoms with van der Waals surface area (Å²) in [6, 6.07) is 7.50. The minimum Gasteiger partial charge on any atom is -0.493 e. The molecular formula is C15H20BrNO3. The summed E-state index contributed by atoms with van der Waals surface area (Å²) in [5, 5.41) is 9.36. The second kappa shape index (κ2) is 7.09. The van der Waals surface area contributed by atoms with Crippen molar-refractivity contribution < 1.29 is 14.6 Å². The van der Waals surface area contributed by atoms with Gasteiger partial charge in [0.15, 0.2) is 0 Å². The molecule has 0 radical (unpaired) electrons. The molecule has 1 aromatic rings. The van der Waals surface area contributed by atoms with Crippen LogP contribution in [0.25, 0.3) is 0 Å². The second-order valence-corrected chi connectivity index (χ2v) is 6.07. The molecule has 1 aliphatic rings. The number of carbonyl (C=O) groups is 1. The van der Waals surface area contributed by atoms with Gasteiger partial charge in [0, 0.05) is 11.0 Å². The van der Waals surface area contributed by atoms with Crippen molar-refractivity contribution in [1.29, 1.82) is 0 Å². The van der Waals surface area contributed by atoms with Crippen LogP contribution in [0, 0.1) is 5.92 Å². The molecule has 1 aliphatic heterocycles. The predicted octanol–water partition coefficient (Wildman–Crippen LogP) is 2.45. The number of hydrogen-bond donors (Lipinski definition) is 1. The highest BCUT2D eigenvalue weighted by atomic mass is 79.9. The predicted molar refractivity (Wildman–Crippen MR) is 80.6 cm³/mol. The first-order valence-electron chi connectivity index (χ1n) is 6.90. The number of halogens is 1. The number of likely N-dealkylation sites (tertiary alicyclic amines) is 1. The SMILES string of the molecule is CC1CCN(C(=O)CCOc2ccc(Br)cc2)C1CO. The van der Waals surface area contributed by atoms with Gasteiger partial charge in [0.1, 0.15) is 5.75 Å². The van der Waals surface area contributed by atoms with Gasteiger partial charge in [-0.15, -0.1) is 0 Å². The van der Waals surface area contributed by atoms with Gasteiger partial charge in [0.2, 0.25) is 5.91 Å². The second-order valence-electron chi connectivity index (χ2n) is 5.16. The molecule has 1 saturated heterocycles. The number of ether oxygens (including phenoxy) is 1. The van der Waals surface area contributed by atoms with Crippen molar-refractivity contribution in [3.05, 3.63) is 28.7 Å². The lowest BCUT2D eigenvalue weighted by atomic mass is 10.0. The zero-order valence-electron chi connectivity index (χ0n) is 11.6. The molecule has 0 saturated carbocycles. The average molecular weight is 342 g/mol. The Bertz CT molecular complexity index is 449. The van der Waals surface area contributed by atoms with E-state index < -0.39 is 0 Å². The Kier molecular flexibility index (Phi) is 5.43. The molecular weight excluding hydrogens is 322 g/mol. The molecule has 110 valence electrons. The van der Waals surface area contributed by atoms with Crippen LogP contribution in [0.4, 0.5) is 0 Å². The third kappa shape index (κ3) is 3.73. The Labute approximate surface area is 127 Å². The quantitative estimate of drug-likeness (QED) is 0.894. The molecule has 1 amide bonds. The van der Waals surface area contributed by atoms with Crippen molar-refractivity contribution in [2.45, 2.75) is 25.8 Å². The number of nitrogens with zero attached hydrogens (tertiary/aromatic N) is 1. The fraction of sp³-hybridized carbons (Fsp3) is 0.533. The van der Waals surface area contributed by atoms with Crippen molar-refractivity contribution in [3.8, 4) is 5.75 Å². The molecule has 2 rings (SSSR count). The maximum absolute atomic E-state index is 12.1. The maximum atomic E-state index is 12.1. The van der Waals surface area contributed by atoms with Crippen LogP contribution in [0.15, 0.2) is 28.7 Å². The lowest BCUT2D eigenvalue weighted by Gasteiger charge is -2.25. The summed E-state index contributed by atoms with van der Waals surface area (Å²) < 4.78 is 6.55. The molecule has 1 fully saturated rings. The summed E-state index contributed by atoms with van der Waals surface area (Å²) in [6.45, 7) is 3.22. The van der Waals surface area contributed by atoms with Crippen LogP contribution < -0.4 is 4.74 Å². The van der Waals surface area contributed by atoms with Gasteiger partial charge in [-0.25, -0.2) is 0 Å². The van der Waals surface area contributed by atoms with E-state index in [9.17, 15) is 9.90 Å². The number of aliphatic hydroxyl groups excluding tert-OH is 1. The van der Waals surface area contributed by atoms with Crippen molar-refractivity contribution in [1.82, 2.24) is 4.90 Å². The minimum absolute atomic E-state index is 0.0322. The number of aliphatic hydroxyl groups is 1. The fourth-order valence-electron chi connectivity index (χ4n) is 2.53. The van der Waals surface area contributed by atoms with Gasteiger partial charge in [-0.2, -0.15) is 0 Å². The Morgan fingerprint density at radius 3 is 2.80 bits per heavy atom. The minimum atomic E-state index is -0.0322. The Morgan fingerprint density at radius 1 is 1.45 bits per heavy atom. The lowest BCUT2D eigenvalue weighted by molar-refractivity contribution is -0.133. The van der Waals surface area contributed by atoms with E-state index in [1.807, 2.05) is 24.3 Å². The summed E-state index contributed by atoms with van der Waals surface area (Å²) in [5.74, 6) is 1.19. The number of hydrogen-bond acceptors (Lipinski definition) is 3. The first kappa shape index (κ1) is 15.3. The van der Waals surface area contributed by atoms with E-state index in [1.165, 1.54) is 0 Å². The summed E-state index contributed by atoms with van der Waals surface area (Å²) in [7, 11) is 0. The van der Waals surface area contributed by atoms with Crippen molar-refractivity contribution in [2.75, 3.05) is 19.8 Å². The number of benzene rings is 1. The molecule has 4 nitrogen and oxygen atoms in total. The van der Waals surface area contributed by atoms with Gasteiger partial charge in [-0.1, -0.05) is 22.9 Å².